The molecule has 6 heteroatoms. The molecule has 1 aliphatic heterocycles. The second-order valence-electron chi connectivity index (χ2n) is 9.33. The van der Waals surface area contributed by atoms with E-state index < -0.39 is 0 Å². The van der Waals surface area contributed by atoms with Crippen LogP contribution in [-0.4, -0.2) is 72.5 Å². The Hall–Kier alpha value is -1.69. The van der Waals surface area contributed by atoms with Gasteiger partial charge in [-0.05, 0) is 50.6 Å². The minimum Gasteiger partial charge on any atom is -0.347 e. The quantitative estimate of drug-likeness (QED) is 0.797. The van der Waals surface area contributed by atoms with Gasteiger partial charge in [-0.2, -0.15) is 0 Å². The zero-order valence-corrected chi connectivity index (χ0v) is 17.8. The summed E-state index contributed by atoms with van der Waals surface area (Å²) in [7, 11) is 6.01. The number of nitrogens with zero attached hydrogens (tertiary/aromatic N) is 5. The van der Waals surface area contributed by atoms with Crippen LogP contribution in [0.4, 0.5) is 5.95 Å². The minimum absolute atomic E-state index is 0.102. The molecule has 3 aliphatic rings. The van der Waals surface area contributed by atoms with Crippen molar-refractivity contribution in [1.29, 1.82) is 0 Å². The summed E-state index contributed by atoms with van der Waals surface area (Å²) in [5.41, 5.74) is 2.65. The number of carbonyl (C=O) groups excluding carboxylic acids is 1. The number of amides is 1. The number of fused-ring (bicyclic) bond motifs is 2. The van der Waals surface area contributed by atoms with Crippen LogP contribution in [-0.2, 0) is 16.6 Å². The number of aryl methyl sites for hydroxylation is 1. The second kappa shape index (κ2) is 7.97. The third-order valence-corrected chi connectivity index (χ3v) is 7.16. The molecule has 1 aromatic rings. The van der Waals surface area contributed by atoms with Crippen LogP contribution >= 0.6 is 0 Å². The molecule has 1 unspecified atom stereocenters. The van der Waals surface area contributed by atoms with Crippen LogP contribution in [0.25, 0.3) is 0 Å². The fraction of sp³-hybridized carbons (Fsp3) is 0.773. The molecule has 1 amide bonds. The van der Waals surface area contributed by atoms with E-state index in [4.69, 9.17) is 4.98 Å². The van der Waals surface area contributed by atoms with Crippen LogP contribution in [0, 0.1) is 0 Å². The molecule has 0 N–H and O–H groups in total. The van der Waals surface area contributed by atoms with Crippen molar-refractivity contribution in [3.63, 3.8) is 0 Å². The highest BCUT2D eigenvalue weighted by Gasteiger charge is 2.44. The summed E-state index contributed by atoms with van der Waals surface area (Å²) < 4.78 is 0. The van der Waals surface area contributed by atoms with E-state index in [9.17, 15) is 4.79 Å². The predicted molar refractivity (Wildman–Crippen MR) is 112 cm³/mol. The van der Waals surface area contributed by atoms with E-state index in [1.807, 2.05) is 37.1 Å². The third-order valence-electron chi connectivity index (χ3n) is 7.16. The van der Waals surface area contributed by atoms with Gasteiger partial charge in [0, 0.05) is 45.3 Å². The summed E-state index contributed by atoms with van der Waals surface area (Å²) >= 11 is 0. The van der Waals surface area contributed by atoms with Crippen molar-refractivity contribution in [3.8, 4) is 0 Å². The highest BCUT2D eigenvalue weighted by atomic mass is 16.2. The van der Waals surface area contributed by atoms with Crippen LogP contribution in [0.5, 0.6) is 0 Å². The molecule has 2 fully saturated rings. The van der Waals surface area contributed by atoms with Gasteiger partial charge in [-0.3, -0.25) is 9.69 Å². The van der Waals surface area contributed by atoms with E-state index in [2.05, 4.69) is 9.88 Å². The van der Waals surface area contributed by atoms with E-state index >= 15 is 0 Å². The van der Waals surface area contributed by atoms with Crippen molar-refractivity contribution in [1.82, 2.24) is 19.8 Å². The van der Waals surface area contributed by atoms with Gasteiger partial charge in [-0.25, -0.2) is 9.97 Å². The molecule has 1 aromatic heterocycles. The molecular weight excluding hydrogens is 350 g/mol. The van der Waals surface area contributed by atoms with Crippen molar-refractivity contribution < 1.29 is 4.79 Å². The van der Waals surface area contributed by atoms with Crippen molar-refractivity contribution in [2.75, 3.05) is 45.7 Å². The number of likely N-dealkylation sites (N-methyl/N-ethyl adjacent to an activating group) is 1. The summed E-state index contributed by atoms with van der Waals surface area (Å²) in [5, 5.41) is 0. The Morgan fingerprint density at radius 2 is 1.96 bits per heavy atom. The number of aromatic nitrogens is 2. The Morgan fingerprint density at radius 3 is 2.71 bits per heavy atom. The maximum atomic E-state index is 13.0. The Labute approximate surface area is 169 Å². The average Bonchev–Trinajstić information content (AvgIpc) is 3.05. The average molecular weight is 386 g/mol. The minimum atomic E-state index is 0.102. The van der Waals surface area contributed by atoms with Gasteiger partial charge in [0.15, 0.2) is 0 Å². The third kappa shape index (κ3) is 3.76. The number of rotatable bonds is 4. The number of carbonyl (C=O) groups is 1. The smallest absolute Gasteiger partial charge is 0.236 e. The van der Waals surface area contributed by atoms with E-state index in [-0.39, 0.29) is 5.41 Å². The molecule has 154 valence electrons. The monoisotopic (exact) mass is 385 g/mol. The summed E-state index contributed by atoms with van der Waals surface area (Å²) in [6.07, 6.45) is 12.7. The molecule has 1 saturated carbocycles. The first-order chi connectivity index (χ1) is 13.5. The zero-order valence-electron chi connectivity index (χ0n) is 17.8. The summed E-state index contributed by atoms with van der Waals surface area (Å²) in [6, 6.07) is 0.447. The molecular formula is C22H35N5O. The molecule has 0 aromatic carbocycles. The first-order valence-electron chi connectivity index (χ1n) is 11.0. The van der Waals surface area contributed by atoms with Crippen LogP contribution in [0.3, 0.4) is 0 Å². The first-order valence-corrected chi connectivity index (χ1v) is 11.0. The van der Waals surface area contributed by atoms with Crippen LogP contribution < -0.4 is 4.90 Å². The molecule has 1 atom stereocenters. The fourth-order valence-corrected chi connectivity index (χ4v) is 5.48. The van der Waals surface area contributed by atoms with Gasteiger partial charge in [0.25, 0.3) is 0 Å². The van der Waals surface area contributed by atoms with E-state index in [0.717, 1.165) is 38.3 Å². The van der Waals surface area contributed by atoms with Crippen molar-refractivity contribution >= 4 is 11.9 Å². The molecule has 2 aliphatic carbocycles. The lowest BCUT2D eigenvalue weighted by Crippen LogP contribution is -2.50. The number of likely N-dealkylation sites (tertiary alicyclic amines) is 1. The lowest BCUT2D eigenvalue weighted by Gasteiger charge is -2.41. The van der Waals surface area contributed by atoms with Gasteiger partial charge in [-0.15, -0.1) is 0 Å². The highest BCUT2D eigenvalue weighted by Crippen LogP contribution is 2.44. The van der Waals surface area contributed by atoms with Crippen LogP contribution in [0.1, 0.15) is 62.6 Å². The lowest BCUT2D eigenvalue weighted by atomic mass is 9.77. The number of anilines is 1. The summed E-state index contributed by atoms with van der Waals surface area (Å²) in [4.78, 5) is 28.8. The van der Waals surface area contributed by atoms with Crippen molar-refractivity contribution in [2.45, 2.75) is 69.2 Å². The predicted octanol–water partition coefficient (Wildman–Crippen LogP) is 2.61. The first kappa shape index (κ1) is 19.6. The number of hydrogen-bond donors (Lipinski definition) is 0. The molecule has 2 heterocycles. The zero-order chi connectivity index (χ0) is 19.7. The summed E-state index contributed by atoms with van der Waals surface area (Å²) in [6.45, 7) is 2.52. The molecule has 6 nitrogen and oxygen atoms in total. The Balaban J connectivity index is 1.45. The summed E-state index contributed by atoms with van der Waals surface area (Å²) in [5.74, 6) is 1.09. The van der Waals surface area contributed by atoms with Crippen molar-refractivity contribution in [2.24, 2.45) is 0 Å². The molecule has 0 bridgehead atoms. The Bertz CT molecular complexity index is 711. The topological polar surface area (TPSA) is 52.6 Å². The van der Waals surface area contributed by atoms with E-state index in [1.165, 1.54) is 49.8 Å². The fourth-order valence-electron chi connectivity index (χ4n) is 5.48. The van der Waals surface area contributed by atoms with Gasteiger partial charge < -0.3 is 9.80 Å². The van der Waals surface area contributed by atoms with E-state index in [0.29, 0.717) is 18.5 Å². The second-order valence-corrected chi connectivity index (χ2v) is 9.33. The number of hydrogen-bond acceptors (Lipinski definition) is 5. The maximum absolute atomic E-state index is 13.0. The van der Waals surface area contributed by atoms with Gasteiger partial charge in [0.2, 0.25) is 11.9 Å². The molecule has 1 spiro atoms. The van der Waals surface area contributed by atoms with Crippen molar-refractivity contribution in [3.05, 3.63) is 17.5 Å². The van der Waals surface area contributed by atoms with Gasteiger partial charge in [0.05, 0.1) is 12.2 Å². The largest absolute Gasteiger partial charge is 0.347 e. The molecule has 4 rings (SSSR count). The van der Waals surface area contributed by atoms with Crippen LogP contribution in [0.15, 0.2) is 6.20 Å². The molecule has 0 radical (unpaired) electrons. The SMILES string of the molecule is CN(C)c1ncc2c(n1)C1(CCCN(CC(=O)N(C)C3CCCCC3)C1)CC2. The molecule has 1 saturated heterocycles. The van der Waals surface area contributed by atoms with E-state index in [1.54, 1.807) is 0 Å². The van der Waals surface area contributed by atoms with Crippen LogP contribution in [0.2, 0.25) is 0 Å². The Morgan fingerprint density at radius 1 is 1.18 bits per heavy atom. The lowest BCUT2D eigenvalue weighted by molar-refractivity contribution is -0.134. The number of piperidine rings is 1. The standard InChI is InChI=1S/C22H35N5O/c1-25(2)21-23-14-17-10-12-22(20(17)24-21)11-7-13-27(16-22)15-19(28)26(3)18-8-5-4-6-9-18/h14,18H,4-13,15-16H2,1-3H3. The highest BCUT2D eigenvalue weighted by molar-refractivity contribution is 5.78. The van der Waals surface area contributed by atoms with Gasteiger partial charge in [0.1, 0.15) is 0 Å². The van der Waals surface area contributed by atoms with Gasteiger partial charge >= 0.3 is 0 Å². The normalized spacial score (nSPS) is 25.7. The van der Waals surface area contributed by atoms with Gasteiger partial charge in [-0.1, -0.05) is 19.3 Å². The maximum Gasteiger partial charge on any atom is 0.236 e. The Kier molecular flexibility index (Phi) is 5.59. The molecule has 28 heavy (non-hydrogen) atoms.